The molecule has 2 fully saturated rings. The van der Waals surface area contributed by atoms with Crippen LogP contribution < -0.4 is 5.01 Å². The van der Waals surface area contributed by atoms with Crippen molar-refractivity contribution in [2.75, 3.05) is 31.2 Å². The Morgan fingerprint density at radius 2 is 1.68 bits per heavy atom. The van der Waals surface area contributed by atoms with Crippen LogP contribution in [0.4, 0.5) is 10.1 Å². The molecule has 0 aliphatic carbocycles. The Morgan fingerprint density at radius 3 is 2.45 bits per heavy atom. The number of hydrogen-bond acceptors (Lipinski definition) is 3. The molecule has 3 nitrogen and oxygen atoms in total. The van der Waals surface area contributed by atoms with Crippen molar-refractivity contribution in [3.8, 4) is 0 Å². The zero-order valence-corrected chi connectivity index (χ0v) is 13.4. The van der Waals surface area contributed by atoms with Gasteiger partial charge in [0.25, 0.3) is 0 Å². The number of fused-ring (bicyclic) bond motifs is 1. The Labute approximate surface area is 135 Å². The number of rotatable bonds is 2. The Bertz CT molecular complexity index is 610. The molecule has 1 aromatic rings. The summed E-state index contributed by atoms with van der Waals surface area (Å²) in [7, 11) is 0. The summed E-state index contributed by atoms with van der Waals surface area (Å²) in [5, 5.41) is 4.86. The quantitative estimate of drug-likeness (QED) is 0.815. The molecule has 0 unspecified atom stereocenters. The fourth-order valence-electron chi connectivity index (χ4n) is 3.84. The number of hydrazine groups is 1. The fraction of sp³-hybridized carbons (Fsp3) is 0.529. The van der Waals surface area contributed by atoms with Crippen LogP contribution in [-0.2, 0) is 0 Å². The smallest absolute Gasteiger partial charge is 0.141 e. The molecule has 0 amide bonds. The molecule has 3 heterocycles. The van der Waals surface area contributed by atoms with Crippen LogP contribution in [0.15, 0.2) is 29.6 Å². The van der Waals surface area contributed by atoms with Crippen molar-refractivity contribution in [3.63, 3.8) is 0 Å². The fourth-order valence-corrected chi connectivity index (χ4v) is 4.02. The summed E-state index contributed by atoms with van der Waals surface area (Å²) in [6.07, 6.45) is 6.21. The largest absolute Gasteiger partial charge is 0.372 e. The number of anilines is 1. The highest BCUT2D eigenvalue weighted by Gasteiger charge is 2.35. The Hall–Kier alpha value is -1.42. The molecule has 5 heteroatoms. The zero-order valence-electron chi connectivity index (χ0n) is 12.7. The van der Waals surface area contributed by atoms with E-state index in [1.165, 1.54) is 56.2 Å². The highest BCUT2D eigenvalue weighted by atomic mass is 35.5. The third-order valence-electron chi connectivity index (χ3n) is 4.96. The SMILES string of the molecule is Fc1ccc(N2CC(N3CCCC3)=C3CCCCN32)cc1Cl. The van der Waals surface area contributed by atoms with Crippen molar-refractivity contribution >= 4 is 17.3 Å². The van der Waals surface area contributed by atoms with Crippen molar-refractivity contribution < 1.29 is 4.39 Å². The van der Waals surface area contributed by atoms with Gasteiger partial charge in [0.1, 0.15) is 5.82 Å². The second kappa shape index (κ2) is 5.65. The van der Waals surface area contributed by atoms with E-state index in [2.05, 4.69) is 14.9 Å². The molecule has 4 rings (SSSR count). The van der Waals surface area contributed by atoms with Gasteiger partial charge < -0.3 is 4.90 Å². The summed E-state index contributed by atoms with van der Waals surface area (Å²) < 4.78 is 13.5. The predicted molar refractivity (Wildman–Crippen MR) is 87.1 cm³/mol. The van der Waals surface area contributed by atoms with Crippen LogP contribution in [0, 0.1) is 5.82 Å². The maximum atomic E-state index is 13.5. The highest BCUT2D eigenvalue weighted by molar-refractivity contribution is 6.31. The Morgan fingerprint density at radius 1 is 0.909 bits per heavy atom. The number of nitrogens with zero attached hydrogens (tertiary/aromatic N) is 3. The molecule has 0 radical (unpaired) electrons. The second-order valence-corrected chi connectivity index (χ2v) is 6.73. The average Bonchev–Trinajstić information content (AvgIpc) is 3.17. The molecule has 0 saturated carbocycles. The first-order chi connectivity index (χ1) is 10.7. The van der Waals surface area contributed by atoms with Crippen molar-refractivity contribution in [1.29, 1.82) is 0 Å². The van der Waals surface area contributed by atoms with E-state index in [0.29, 0.717) is 0 Å². The monoisotopic (exact) mass is 321 g/mol. The maximum Gasteiger partial charge on any atom is 0.141 e. The number of hydrogen-bond donors (Lipinski definition) is 0. The second-order valence-electron chi connectivity index (χ2n) is 6.32. The highest BCUT2D eigenvalue weighted by Crippen LogP contribution is 2.37. The Kier molecular flexibility index (Phi) is 3.65. The van der Waals surface area contributed by atoms with E-state index in [1.807, 2.05) is 6.07 Å². The van der Waals surface area contributed by atoms with Crippen molar-refractivity contribution in [2.24, 2.45) is 0 Å². The summed E-state index contributed by atoms with van der Waals surface area (Å²) in [5.41, 5.74) is 3.92. The van der Waals surface area contributed by atoms with Crippen LogP contribution in [0.25, 0.3) is 0 Å². The number of piperidine rings is 1. The number of allylic oxidation sites excluding steroid dienone is 1. The minimum atomic E-state index is -0.351. The molecule has 0 aromatic heterocycles. The first kappa shape index (κ1) is 14.2. The van der Waals surface area contributed by atoms with Crippen LogP contribution in [0.1, 0.15) is 32.1 Å². The number of halogens is 2. The number of likely N-dealkylation sites (tertiary alicyclic amines) is 1. The number of benzene rings is 1. The van der Waals surface area contributed by atoms with Crippen LogP contribution in [0.3, 0.4) is 0 Å². The third kappa shape index (κ3) is 2.34. The van der Waals surface area contributed by atoms with Gasteiger partial charge in [0, 0.05) is 19.6 Å². The van der Waals surface area contributed by atoms with Crippen LogP contribution >= 0.6 is 11.6 Å². The summed E-state index contributed by atoms with van der Waals surface area (Å²) in [5.74, 6) is -0.351. The van der Waals surface area contributed by atoms with Crippen molar-refractivity contribution in [1.82, 2.24) is 9.91 Å². The van der Waals surface area contributed by atoms with Crippen molar-refractivity contribution in [3.05, 3.63) is 40.4 Å². The molecule has 2 saturated heterocycles. The maximum absolute atomic E-state index is 13.5. The van der Waals surface area contributed by atoms with E-state index < -0.39 is 0 Å². The molecule has 3 aliphatic heterocycles. The van der Waals surface area contributed by atoms with Gasteiger partial charge in [-0.05, 0) is 50.3 Å². The van der Waals surface area contributed by atoms with E-state index in [4.69, 9.17) is 11.6 Å². The molecule has 1 aromatic carbocycles. The lowest BCUT2D eigenvalue weighted by atomic mass is 10.1. The predicted octanol–water partition coefficient (Wildman–Crippen LogP) is 4.01. The third-order valence-corrected chi connectivity index (χ3v) is 5.25. The van der Waals surface area contributed by atoms with Gasteiger partial charge in [-0.25, -0.2) is 4.39 Å². The van der Waals surface area contributed by atoms with Crippen molar-refractivity contribution in [2.45, 2.75) is 32.1 Å². The van der Waals surface area contributed by atoms with Gasteiger partial charge in [-0.1, -0.05) is 11.6 Å². The van der Waals surface area contributed by atoms with Crippen LogP contribution in [-0.4, -0.2) is 36.1 Å². The Balaban J connectivity index is 1.66. The average molecular weight is 322 g/mol. The summed E-state index contributed by atoms with van der Waals surface area (Å²) in [6.45, 7) is 4.27. The van der Waals surface area contributed by atoms with Gasteiger partial charge in [-0.15, -0.1) is 0 Å². The zero-order chi connectivity index (χ0) is 15.1. The normalized spacial score (nSPS) is 21.8. The van der Waals surface area contributed by atoms with Gasteiger partial charge in [0.05, 0.1) is 28.6 Å². The minimum absolute atomic E-state index is 0.200. The molecule has 22 heavy (non-hydrogen) atoms. The van der Waals surface area contributed by atoms with Gasteiger partial charge in [-0.2, -0.15) is 0 Å². The molecule has 0 spiro atoms. The molecular weight excluding hydrogens is 301 g/mol. The lowest BCUT2D eigenvalue weighted by molar-refractivity contribution is 0.293. The molecule has 0 atom stereocenters. The van der Waals surface area contributed by atoms with Gasteiger partial charge in [0.15, 0.2) is 0 Å². The summed E-state index contributed by atoms with van der Waals surface area (Å²) in [4.78, 5) is 2.54. The summed E-state index contributed by atoms with van der Waals surface area (Å²) >= 11 is 5.99. The molecule has 3 aliphatic rings. The minimum Gasteiger partial charge on any atom is -0.372 e. The topological polar surface area (TPSA) is 9.72 Å². The molecule has 118 valence electrons. The first-order valence-corrected chi connectivity index (χ1v) is 8.59. The molecular formula is C17H21ClFN3. The summed E-state index contributed by atoms with van der Waals surface area (Å²) in [6, 6.07) is 5.05. The van der Waals surface area contributed by atoms with Gasteiger partial charge in [0.2, 0.25) is 0 Å². The molecule has 0 N–H and O–H groups in total. The van der Waals surface area contributed by atoms with E-state index in [0.717, 1.165) is 25.2 Å². The van der Waals surface area contributed by atoms with Crippen LogP contribution in [0.5, 0.6) is 0 Å². The van der Waals surface area contributed by atoms with E-state index >= 15 is 0 Å². The lowest BCUT2D eigenvalue weighted by Crippen LogP contribution is -2.40. The van der Waals surface area contributed by atoms with Gasteiger partial charge in [-0.3, -0.25) is 10.0 Å². The van der Waals surface area contributed by atoms with E-state index in [1.54, 1.807) is 6.07 Å². The van der Waals surface area contributed by atoms with E-state index in [9.17, 15) is 4.39 Å². The standard InChI is InChI=1S/C17H21ClFN3/c18-14-11-13(6-7-15(14)19)22-12-17(20-8-3-4-9-20)16-5-1-2-10-21(16)22/h6-7,11H,1-5,8-10,12H2. The van der Waals surface area contributed by atoms with Crippen LogP contribution in [0.2, 0.25) is 5.02 Å². The van der Waals surface area contributed by atoms with E-state index in [-0.39, 0.29) is 10.8 Å². The lowest BCUT2D eigenvalue weighted by Gasteiger charge is -2.36. The van der Waals surface area contributed by atoms with Gasteiger partial charge >= 0.3 is 0 Å². The first-order valence-electron chi connectivity index (χ1n) is 8.21. The molecule has 0 bridgehead atoms.